The van der Waals surface area contributed by atoms with Gasteiger partial charge in [0.2, 0.25) is 0 Å². The van der Waals surface area contributed by atoms with Gasteiger partial charge in [-0.3, -0.25) is 0 Å². The number of alkyl halides is 3. The van der Waals surface area contributed by atoms with Gasteiger partial charge < -0.3 is 0 Å². The SMILES string of the molecule is CC1(C)c2ccccc2-c2c1ccc1c(-c3c4ccccc4c(-c4ccc(C(F)(F)F)cc4)c4ccccc34)cc3c(c21)-c1ccccc1C3(C)C. The molecule has 0 amide bonds. The van der Waals surface area contributed by atoms with Crippen LogP contribution in [0.25, 0.3) is 76.8 Å². The molecule has 0 atom stereocenters. The minimum Gasteiger partial charge on any atom is -0.166 e. The first-order valence-corrected chi connectivity index (χ1v) is 17.9. The van der Waals surface area contributed by atoms with Crippen molar-refractivity contribution in [3.8, 4) is 44.5 Å². The van der Waals surface area contributed by atoms with E-state index in [2.05, 4.69) is 131 Å². The van der Waals surface area contributed by atoms with E-state index in [1.165, 1.54) is 73.0 Å². The summed E-state index contributed by atoms with van der Waals surface area (Å²) in [6.07, 6.45) is -4.40. The first kappa shape index (κ1) is 31.1. The molecule has 10 rings (SSSR count). The van der Waals surface area contributed by atoms with Crippen LogP contribution in [0.5, 0.6) is 0 Å². The van der Waals surface area contributed by atoms with Crippen LogP contribution >= 0.6 is 0 Å². The van der Waals surface area contributed by atoms with Crippen LogP contribution in [0.15, 0.2) is 140 Å². The Hall–Kier alpha value is -5.67. The summed E-state index contributed by atoms with van der Waals surface area (Å²) in [4.78, 5) is 0. The van der Waals surface area contributed by atoms with Gasteiger partial charge in [-0.15, -0.1) is 0 Å². The Morgan fingerprint density at radius 3 is 1.38 bits per heavy atom. The van der Waals surface area contributed by atoms with E-state index in [0.29, 0.717) is 0 Å². The zero-order valence-electron chi connectivity index (χ0n) is 29.4. The van der Waals surface area contributed by atoms with Crippen LogP contribution in [0, 0.1) is 0 Å². The molecular weight excluding hydrogens is 646 g/mol. The molecular formula is C49H35F3. The molecule has 0 nitrogen and oxygen atoms in total. The quantitative estimate of drug-likeness (QED) is 0.159. The first-order chi connectivity index (χ1) is 25.0. The van der Waals surface area contributed by atoms with Crippen LogP contribution in [-0.4, -0.2) is 0 Å². The second-order valence-electron chi connectivity index (χ2n) is 15.5. The van der Waals surface area contributed by atoms with Crippen molar-refractivity contribution in [2.24, 2.45) is 0 Å². The second-order valence-corrected chi connectivity index (χ2v) is 15.5. The molecule has 0 spiro atoms. The average molecular weight is 681 g/mol. The van der Waals surface area contributed by atoms with Crippen molar-refractivity contribution in [1.82, 2.24) is 0 Å². The van der Waals surface area contributed by atoms with Gasteiger partial charge in [0, 0.05) is 10.8 Å². The lowest BCUT2D eigenvalue weighted by molar-refractivity contribution is -0.137. The van der Waals surface area contributed by atoms with E-state index in [1.807, 2.05) is 12.1 Å². The van der Waals surface area contributed by atoms with Gasteiger partial charge in [-0.05, 0) is 117 Å². The van der Waals surface area contributed by atoms with E-state index in [1.54, 1.807) is 12.1 Å². The summed E-state index contributed by atoms with van der Waals surface area (Å²) in [5.41, 5.74) is 13.5. The van der Waals surface area contributed by atoms with Crippen molar-refractivity contribution in [1.29, 1.82) is 0 Å². The van der Waals surface area contributed by atoms with Gasteiger partial charge in [0.1, 0.15) is 0 Å². The van der Waals surface area contributed by atoms with Gasteiger partial charge in [0.15, 0.2) is 0 Å². The number of fused-ring (bicyclic) bond motifs is 11. The average Bonchev–Trinajstić information content (AvgIpc) is 3.53. The molecule has 0 fully saturated rings. The van der Waals surface area contributed by atoms with Gasteiger partial charge in [-0.25, -0.2) is 0 Å². The Kier molecular flexibility index (Phi) is 6.25. The summed E-state index contributed by atoms with van der Waals surface area (Å²) in [5.74, 6) is 0. The molecule has 52 heavy (non-hydrogen) atoms. The molecule has 0 unspecified atom stereocenters. The minimum atomic E-state index is -4.40. The standard InChI is InChI=1S/C49H35F3/c1-47(2)38-19-11-9-17-35(38)44-40(47)26-25-34-37(27-41-45(46(34)44)36-18-10-12-20-39(36)48(41,3)4)43-32-15-7-5-13-30(32)42(31-14-6-8-16-33(31)43)28-21-23-29(24-22-28)49(50,51)52/h5-27H,1-4H3. The highest BCUT2D eigenvalue weighted by Crippen LogP contribution is 2.60. The molecule has 0 radical (unpaired) electrons. The zero-order valence-corrected chi connectivity index (χ0v) is 29.4. The first-order valence-electron chi connectivity index (χ1n) is 17.9. The lowest BCUT2D eigenvalue weighted by Gasteiger charge is -2.26. The Morgan fingerprint density at radius 2 is 0.846 bits per heavy atom. The van der Waals surface area contributed by atoms with E-state index in [9.17, 15) is 13.2 Å². The van der Waals surface area contributed by atoms with Crippen LogP contribution in [0.4, 0.5) is 13.2 Å². The van der Waals surface area contributed by atoms with Gasteiger partial charge >= 0.3 is 6.18 Å². The molecule has 2 aliphatic carbocycles. The molecule has 252 valence electrons. The van der Waals surface area contributed by atoms with E-state index < -0.39 is 11.7 Å². The molecule has 0 bridgehead atoms. The third kappa shape index (κ3) is 4.05. The predicted octanol–water partition coefficient (Wildman–Crippen LogP) is 14.1. The summed E-state index contributed by atoms with van der Waals surface area (Å²) < 4.78 is 40.9. The fourth-order valence-electron chi connectivity index (χ4n) is 9.63. The third-order valence-corrected chi connectivity index (χ3v) is 12.1. The zero-order chi connectivity index (χ0) is 35.7. The highest BCUT2D eigenvalue weighted by Gasteiger charge is 2.42. The molecule has 8 aromatic carbocycles. The number of rotatable bonds is 2. The Morgan fingerprint density at radius 1 is 0.385 bits per heavy atom. The van der Waals surface area contributed by atoms with E-state index in [4.69, 9.17) is 0 Å². The molecule has 2 aliphatic rings. The largest absolute Gasteiger partial charge is 0.416 e. The van der Waals surface area contributed by atoms with Crippen molar-refractivity contribution < 1.29 is 13.2 Å². The Bertz CT molecular complexity index is 2740. The number of benzene rings is 8. The van der Waals surface area contributed by atoms with E-state index >= 15 is 0 Å². The summed E-state index contributed by atoms with van der Waals surface area (Å²) in [7, 11) is 0. The molecule has 0 aromatic heterocycles. The van der Waals surface area contributed by atoms with Crippen molar-refractivity contribution in [3.63, 3.8) is 0 Å². The molecule has 3 heteroatoms. The van der Waals surface area contributed by atoms with Crippen molar-refractivity contribution >= 4 is 32.3 Å². The van der Waals surface area contributed by atoms with Crippen LogP contribution in [-0.2, 0) is 17.0 Å². The topological polar surface area (TPSA) is 0 Å². The van der Waals surface area contributed by atoms with Crippen LogP contribution in [0.1, 0.15) is 55.5 Å². The normalized spacial score (nSPS) is 15.1. The monoisotopic (exact) mass is 680 g/mol. The predicted molar refractivity (Wildman–Crippen MR) is 210 cm³/mol. The second kappa shape index (κ2) is 10.4. The molecule has 0 saturated carbocycles. The number of halogens is 3. The Labute approximate surface area is 301 Å². The summed E-state index contributed by atoms with van der Waals surface area (Å²) in [6, 6.07) is 47.3. The lowest BCUT2D eigenvalue weighted by Crippen LogP contribution is -2.15. The molecule has 0 N–H and O–H groups in total. The maximum Gasteiger partial charge on any atom is 0.416 e. The third-order valence-electron chi connectivity index (χ3n) is 12.1. The van der Waals surface area contributed by atoms with Crippen molar-refractivity contribution in [3.05, 3.63) is 167 Å². The van der Waals surface area contributed by atoms with Gasteiger partial charge in [-0.2, -0.15) is 13.2 Å². The molecule has 0 heterocycles. The maximum atomic E-state index is 13.6. The highest BCUT2D eigenvalue weighted by molar-refractivity contribution is 6.26. The fourth-order valence-corrected chi connectivity index (χ4v) is 9.63. The fraction of sp³-hybridized carbons (Fsp3) is 0.143. The van der Waals surface area contributed by atoms with Crippen LogP contribution < -0.4 is 0 Å². The minimum absolute atomic E-state index is 0.153. The number of hydrogen-bond acceptors (Lipinski definition) is 0. The Balaban J connectivity index is 1.38. The summed E-state index contributed by atoms with van der Waals surface area (Å²) >= 11 is 0. The maximum absolute atomic E-state index is 13.6. The van der Waals surface area contributed by atoms with Crippen molar-refractivity contribution in [2.75, 3.05) is 0 Å². The molecule has 0 aliphatic heterocycles. The smallest absolute Gasteiger partial charge is 0.166 e. The van der Waals surface area contributed by atoms with E-state index in [0.717, 1.165) is 38.2 Å². The molecule has 0 saturated heterocycles. The van der Waals surface area contributed by atoms with Crippen LogP contribution in [0.2, 0.25) is 0 Å². The van der Waals surface area contributed by atoms with Crippen molar-refractivity contribution in [2.45, 2.75) is 44.7 Å². The van der Waals surface area contributed by atoms with Gasteiger partial charge in [0.05, 0.1) is 5.56 Å². The highest BCUT2D eigenvalue weighted by atomic mass is 19.4. The summed E-state index contributed by atoms with van der Waals surface area (Å²) in [5, 5.41) is 6.68. The van der Waals surface area contributed by atoms with Gasteiger partial charge in [-0.1, -0.05) is 149 Å². The van der Waals surface area contributed by atoms with Crippen LogP contribution in [0.3, 0.4) is 0 Å². The van der Waals surface area contributed by atoms with Gasteiger partial charge in [0.25, 0.3) is 0 Å². The summed E-state index contributed by atoms with van der Waals surface area (Å²) in [6.45, 7) is 9.37. The van der Waals surface area contributed by atoms with E-state index in [-0.39, 0.29) is 10.8 Å². The number of hydrogen-bond donors (Lipinski definition) is 0. The lowest BCUT2D eigenvalue weighted by atomic mass is 9.77. The molecule has 8 aromatic rings.